The number of carbonyl (C=O) groups is 3. The van der Waals surface area contributed by atoms with Gasteiger partial charge < -0.3 is 26.4 Å². The maximum atomic E-state index is 13.6. The van der Waals surface area contributed by atoms with E-state index in [2.05, 4.69) is 5.32 Å². The van der Waals surface area contributed by atoms with Crippen LogP contribution in [0.1, 0.15) is 36.0 Å². The molecular weight excluding hydrogens is 546 g/mol. The van der Waals surface area contributed by atoms with Gasteiger partial charge in [0.25, 0.3) is 11.8 Å². The van der Waals surface area contributed by atoms with E-state index in [1.54, 1.807) is 42.5 Å². The maximum Gasteiger partial charge on any atom is 0.254 e. The maximum absolute atomic E-state index is 13.6. The van der Waals surface area contributed by atoms with E-state index in [4.69, 9.17) is 5.73 Å². The lowest BCUT2D eigenvalue weighted by atomic mass is 10.0. The summed E-state index contributed by atoms with van der Waals surface area (Å²) in [6.07, 6.45) is 10.2. The highest BCUT2D eigenvalue weighted by Gasteiger charge is 2.31. The Morgan fingerprint density at radius 2 is 1.07 bits per heavy atom. The molecule has 0 saturated carbocycles. The molecule has 1 atom stereocenters. The first-order chi connectivity index (χ1) is 20.8. The molecule has 0 aliphatic carbocycles. The zero-order valence-corrected chi connectivity index (χ0v) is 23.8. The standard InChI is InChI=1S/C34H37N3O6/c35-22-1-2-23-36-24-21-31(32(41)18-9-25-3-12-28(38)13-4-25)37(33(42)19-10-26-5-14-29(39)15-6-26)34(43)20-11-27-7-16-30(40)17-8-27/h3-20,31,36,38-40H,1-2,21-24,35H2/b18-9+,19-10-,20-11+. The minimum atomic E-state index is -1.12. The Morgan fingerprint density at radius 1 is 0.651 bits per heavy atom. The molecule has 1 unspecified atom stereocenters. The Balaban J connectivity index is 1.93. The van der Waals surface area contributed by atoms with Crippen LogP contribution in [0.4, 0.5) is 0 Å². The molecule has 3 aromatic rings. The minimum absolute atomic E-state index is 0.0738. The molecule has 3 aromatic carbocycles. The van der Waals surface area contributed by atoms with Gasteiger partial charge in [0.1, 0.15) is 23.3 Å². The molecule has 3 rings (SSSR count). The summed E-state index contributed by atoms with van der Waals surface area (Å²) in [6, 6.07) is 17.5. The highest BCUT2D eigenvalue weighted by molar-refractivity contribution is 6.12. The van der Waals surface area contributed by atoms with E-state index in [-0.39, 0.29) is 23.7 Å². The zero-order chi connectivity index (χ0) is 31.0. The van der Waals surface area contributed by atoms with Crippen molar-refractivity contribution in [1.29, 1.82) is 0 Å². The summed E-state index contributed by atoms with van der Waals surface area (Å²) in [5.41, 5.74) is 7.47. The molecule has 6 N–H and O–H groups in total. The van der Waals surface area contributed by atoms with Crippen molar-refractivity contribution in [1.82, 2.24) is 10.2 Å². The van der Waals surface area contributed by atoms with Crippen molar-refractivity contribution < 1.29 is 29.7 Å². The third-order valence-corrected chi connectivity index (χ3v) is 6.47. The summed E-state index contributed by atoms with van der Waals surface area (Å²) in [5, 5.41) is 31.9. The lowest BCUT2D eigenvalue weighted by Crippen LogP contribution is -2.48. The van der Waals surface area contributed by atoms with Crippen molar-refractivity contribution in [2.45, 2.75) is 25.3 Å². The number of carbonyl (C=O) groups excluding carboxylic acids is 3. The molecule has 0 fully saturated rings. The van der Waals surface area contributed by atoms with E-state index in [0.717, 1.165) is 17.7 Å². The molecule has 0 aliphatic heterocycles. The topological polar surface area (TPSA) is 153 Å². The molecule has 224 valence electrons. The van der Waals surface area contributed by atoms with Gasteiger partial charge in [0.2, 0.25) is 0 Å². The lowest BCUT2D eigenvalue weighted by Gasteiger charge is -2.27. The Kier molecular flexibility index (Phi) is 12.9. The summed E-state index contributed by atoms with van der Waals surface area (Å²) in [5.74, 6) is -1.59. The molecule has 0 aliphatic rings. The van der Waals surface area contributed by atoms with E-state index in [1.807, 2.05) is 0 Å². The molecule has 0 heterocycles. The first-order valence-corrected chi connectivity index (χ1v) is 14.0. The fourth-order valence-electron chi connectivity index (χ4n) is 4.11. The first kappa shape index (κ1) is 32.5. The number of unbranched alkanes of at least 4 members (excludes halogenated alkanes) is 1. The summed E-state index contributed by atoms with van der Waals surface area (Å²) in [6.45, 7) is 1.61. The summed E-state index contributed by atoms with van der Waals surface area (Å²) in [7, 11) is 0. The summed E-state index contributed by atoms with van der Waals surface area (Å²) < 4.78 is 0. The van der Waals surface area contributed by atoms with Gasteiger partial charge in [-0.25, -0.2) is 0 Å². The van der Waals surface area contributed by atoms with Gasteiger partial charge in [-0.3, -0.25) is 19.3 Å². The molecule has 0 spiro atoms. The quantitative estimate of drug-likeness (QED) is 0.131. The molecule has 9 heteroatoms. The number of imide groups is 1. The Labute approximate surface area is 251 Å². The second kappa shape index (κ2) is 17.1. The fourth-order valence-corrected chi connectivity index (χ4v) is 4.11. The number of nitrogens with zero attached hydrogens (tertiary/aromatic N) is 1. The lowest BCUT2D eigenvalue weighted by molar-refractivity contribution is -0.145. The van der Waals surface area contributed by atoms with Gasteiger partial charge in [0.15, 0.2) is 5.78 Å². The average Bonchev–Trinajstić information content (AvgIpc) is 3.01. The van der Waals surface area contributed by atoms with Gasteiger partial charge >= 0.3 is 0 Å². The van der Waals surface area contributed by atoms with Crippen LogP contribution < -0.4 is 11.1 Å². The monoisotopic (exact) mass is 583 g/mol. The number of hydrogen-bond acceptors (Lipinski definition) is 8. The van der Waals surface area contributed by atoms with Gasteiger partial charge in [0, 0.05) is 12.2 Å². The number of nitrogens with one attached hydrogen (secondary N) is 1. The van der Waals surface area contributed by atoms with Gasteiger partial charge in [-0.1, -0.05) is 42.5 Å². The zero-order valence-electron chi connectivity index (χ0n) is 23.8. The second-order valence-corrected chi connectivity index (χ2v) is 9.77. The van der Waals surface area contributed by atoms with Crippen molar-refractivity contribution in [3.05, 3.63) is 108 Å². The number of rotatable bonds is 15. The van der Waals surface area contributed by atoms with Crippen LogP contribution in [0.5, 0.6) is 17.2 Å². The van der Waals surface area contributed by atoms with Crippen LogP contribution in [-0.4, -0.2) is 63.5 Å². The third kappa shape index (κ3) is 11.1. The van der Waals surface area contributed by atoms with Crippen LogP contribution in [0, 0.1) is 0 Å². The van der Waals surface area contributed by atoms with Crippen LogP contribution in [0.25, 0.3) is 18.2 Å². The molecular formula is C34H37N3O6. The second-order valence-electron chi connectivity index (χ2n) is 9.77. The fraction of sp³-hybridized carbons (Fsp3) is 0.206. The molecule has 2 amide bonds. The molecule has 0 saturated heterocycles. The number of aromatic hydroxyl groups is 3. The van der Waals surface area contributed by atoms with Crippen molar-refractivity contribution in [2.75, 3.05) is 19.6 Å². The van der Waals surface area contributed by atoms with Crippen molar-refractivity contribution in [3.63, 3.8) is 0 Å². The predicted molar refractivity (Wildman–Crippen MR) is 168 cm³/mol. The van der Waals surface area contributed by atoms with Gasteiger partial charge in [-0.15, -0.1) is 0 Å². The van der Waals surface area contributed by atoms with Crippen LogP contribution in [-0.2, 0) is 14.4 Å². The average molecular weight is 584 g/mol. The number of benzene rings is 3. The number of nitrogens with two attached hydrogens (primary N) is 1. The summed E-state index contributed by atoms with van der Waals surface area (Å²) in [4.78, 5) is 41.7. The van der Waals surface area contributed by atoms with Crippen LogP contribution in [0.3, 0.4) is 0 Å². The van der Waals surface area contributed by atoms with E-state index in [0.29, 0.717) is 36.3 Å². The van der Waals surface area contributed by atoms with Crippen LogP contribution >= 0.6 is 0 Å². The normalized spacial score (nSPS) is 12.2. The van der Waals surface area contributed by atoms with E-state index in [1.165, 1.54) is 66.8 Å². The number of phenols is 3. The molecule has 9 nitrogen and oxygen atoms in total. The van der Waals surface area contributed by atoms with E-state index >= 15 is 0 Å². The number of hydrogen-bond donors (Lipinski definition) is 5. The Morgan fingerprint density at radius 3 is 1.49 bits per heavy atom. The number of amides is 2. The van der Waals surface area contributed by atoms with Crippen molar-refractivity contribution >= 4 is 35.8 Å². The van der Waals surface area contributed by atoms with E-state index < -0.39 is 23.6 Å². The molecule has 0 aromatic heterocycles. The van der Waals surface area contributed by atoms with Gasteiger partial charge in [-0.05, 0) is 110 Å². The van der Waals surface area contributed by atoms with Gasteiger partial charge in [0.05, 0.1) is 0 Å². The summed E-state index contributed by atoms with van der Waals surface area (Å²) >= 11 is 0. The smallest absolute Gasteiger partial charge is 0.254 e. The number of ketones is 1. The SMILES string of the molecule is NCCCCNCCC(C(=O)/C=C/c1ccc(O)cc1)N(C(=O)/C=C\c1ccc(O)cc1)C(=O)/C=C/c1ccc(O)cc1. The van der Waals surface area contributed by atoms with Crippen LogP contribution in [0.2, 0.25) is 0 Å². The van der Waals surface area contributed by atoms with E-state index in [9.17, 15) is 29.7 Å². The predicted octanol–water partition coefficient (Wildman–Crippen LogP) is 4.25. The Bertz CT molecular complexity index is 1360. The third-order valence-electron chi connectivity index (χ3n) is 6.47. The highest BCUT2D eigenvalue weighted by atomic mass is 16.3. The van der Waals surface area contributed by atoms with Crippen molar-refractivity contribution in [2.24, 2.45) is 5.73 Å². The molecule has 0 radical (unpaired) electrons. The molecule has 0 bridgehead atoms. The Hall–Kier alpha value is -4.99. The van der Waals surface area contributed by atoms with Crippen molar-refractivity contribution in [3.8, 4) is 17.2 Å². The minimum Gasteiger partial charge on any atom is -0.508 e. The molecule has 43 heavy (non-hydrogen) atoms. The van der Waals surface area contributed by atoms with Gasteiger partial charge in [-0.2, -0.15) is 0 Å². The first-order valence-electron chi connectivity index (χ1n) is 14.0. The number of phenolic OH excluding ortho intramolecular Hbond substituents is 3. The largest absolute Gasteiger partial charge is 0.508 e. The highest BCUT2D eigenvalue weighted by Crippen LogP contribution is 2.17. The van der Waals surface area contributed by atoms with Crippen LogP contribution in [0.15, 0.2) is 91.0 Å².